The van der Waals surface area contributed by atoms with Gasteiger partial charge in [0.05, 0.1) is 23.1 Å². The smallest absolute Gasteiger partial charge is 0.338 e. The molecular formula is C25H23NO5. The van der Waals surface area contributed by atoms with Gasteiger partial charge in [0.2, 0.25) is 17.6 Å². The number of ketones is 1. The minimum atomic E-state index is -0.925. The normalized spacial score (nSPS) is 27.3. The highest BCUT2D eigenvalue weighted by molar-refractivity contribution is 6.22. The number of amides is 2. The highest BCUT2D eigenvalue weighted by Gasteiger charge is 2.61. The van der Waals surface area contributed by atoms with Crippen molar-refractivity contribution in [3.8, 4) is 0 Å². The molecule has 2 aliphatic carbocycles. The number of ether oxygens (including phenoxy) is 1. The fourth-order valence-corrected chi connectivity index (χ4v) is 5.53. The molecule has 6 nitrogen and oxygen atoms in total. The third kappa shape index (κ3) is 3.17. The fourth-order valence-electron chi connectivity index (χ4n) is 5.53. The van der Waals surface area contributed by atoms with Crippen LogP contribution in [0.5, 0.6) is 0 Å². The van der Waals surface area contributed by atoms with E-state index in [2.05, 4.69) is 0 Å². The summed E-state index contributed by atoms with van der Waals surface area (Å²) in [6.07, 6.45) is 2.13. The van der Waals surface area contributed by atoms with Crippen LogP contribution >= 0.6 is 0 Å². The van der Waals surface area contributed by atoms with Crippen LogP contribution in [0, 0.1) is 23.7 Å². The lowest BCUT2D eigenvalue weighted by Gasteiger charge is -2.19. The zero-order valence-electron chi connectivity index (χ0n) is 17.2. The zero-order valence-corrected chi connectivity index (χ0v) is 17.2. The van der Waals surface area contributed by atoms with Crippen molar-refractivity contribution in [2.45, 2.75) is 32.3 Å². The first-order valence-electron chi connectivity index (χ1n) is 10.7. The van der Waals surface area contributed by atoms with E-state index >= 15 is 0 Å². The molecule has 0 spiro atoms. The number of benzene rings is 2. The fraction of sp³-hybridized carbons (Fsp3) is 0.360. The molecule has 3 fully saturated rings. The number of rotatable bonds is 5. The van der Waals surface area contributed by atoms with Crippen molar-refractivity contribution in [2.24, 2.45) is 23.7 Å². The third-order valence-corrected chi connectivity index (χ3v) is 7.00. The number of hydrogen-bond donors (Lipinski definition) is 0. The molecule has 0 radical (unpaired) electrons. The molecule has 2 aromatic carbocycles. The van der Waals surface area contributed by atoms with Gasteiger partial charge in [-0.25, -0.2) is 4.79 Å². The Morgan fingerprint density at radius 1 is 0.871 bits per heavy atom. The van der Waals surface area contributed by atoms with Crippen molar-refractivity contribution in [2.75, 3.05) is 4.90 Å². The van der Waals surface area contributed by atoms with Gasteiger partial charge in [-0.2, -0.15) is 0 Å². The number of imide groups is 1. The first-order valence-corrected chi connectivity index (χ1v) is 10.7. The summed E-state index contributed by atoms with van der Waals surface area (Å²) < 4.78 is 5.32. The molecule has 2 bridgehead atoms. The maximum Gasteiger partial charge on any atom is 0.338 e. The standard InChI is InChI=1S/C25H23NO5/c1-14(22(27)15-5-3-2-4-6-15)31-25(30)16-9-11-19(12-10-16)26-23(28)20-17-7-8-18(13-17)21(20)24(26)29/h2-6,9-12,14,17-18,20-21H,7-8,13H2,1H3/t14-,17-,18+,20-,21-/m0/s1. The molecule has 2 amide bonds. The molecular weight excluding hydrogens is 394 g/mol. The summed E-state index contributed by atoms with van der Waals surface area (Å²) in [5.41, 5.74) is 1.22. The Hall–Kier alpha value is -3.28. The summed E-state index contributed by atoms with van der Waals surface area (Å²) in [5, 5.41) is 0. The quantitative estimate of drug-likeness (QED) is 0.421. The Kier molecular flexibility index (Phi) is 4.73. The van der Waals surface area contributed by atoms with Crippen LogP contribution < -0.4 is 4.90 Å². The molecule has 158 valence electrons. The van der Waals surface area contributed by atoms with Crippen molar-refractivity contribution in [3.63, 3.8) is 0 Å². The molecule has 2 aromatic rings. The van der Waals surface area contributed by atoms with Crippen molar-refractivity contribution >= 4 is 29.3 Å². The molecule has 0 unspecified atom stereocenters. The van der Waals surface area contributed by atoms with Gasteiger partial charge in [0.1, 0.15) is 0 Å². The molecule has 0 N–H and O–H groups in total. The van der Waals surface area contributed by atoms with Crippen molar-refractivity contribution in [1.29, 1.82) is 0 Å². The molecule has 31 heavy (non-hydrogen) atoms. The van der Waals surface area contributed by atoms with E-state index in [-0.39, 0.29) is 35.0 Å². The van der Waals surface area contributed by atoms with Gasteiger partial charge in [0, 0.05) is 5.56 Å². The van der Waals surface area contributed by atoms with Crippen LogP contribution in [0.4, 0.5) is 5.69 Å². The molecule has 5 rings (SSSR count). The molecule has 1 aliphatic heterocycles. The Morgan fingerprint density at radius 3 is 2.03 bits per heavy atom. The van der Waals surface area contributed by atoms with Gasteiger partial charge in [-0.1, -0.05) is 30.3 Å². The molecule has 3 aliphatic rings. The van der Waals surface area contributed by atoms with Gasteiger partial charge >= 0.3 is 5.97 Å². The largest absolute Gasteiger partial charge is 0.451 e. The van der Waals surface area contributed by atoms with E-state index in [0.29, 0.717) is 23.1 Å². The van der Waals surface area contributed by atoms with Crippen molar-refractivity contribution in [1.82, 2.24) is 0 Å². The van der Waals surface area contributed by atoms with Crippen LogP contribution in [0.3, 0.4) is 0 Å². The van der Waals surface area contributed by atoms with Gasteiger partial charge in [0.25, 0.3) is 0 Å². The van der Waals surface area contributed by atoms with Gasteiger partial charge in [-0.3, -0.25) is 19.3 Å². The number of Topliss-reactive ketones (excluding diaryl/α,β-unsaturated/α-hetero) is 1. The lowest BCUT2D eigenvalue weighted by Crippen LogP contribution is -2.32. The molecule has 1 saturated heterocycles. The highest BCUT2D eigenvalue weighted by atomic mass is 16.5. The summed E-state index contributed by atoms with van der Waals surface area (Å²) in [7, 11) is 0. The van der Waals surface area contributed by atoms with E-state index < -0.39 is 12.1 Å². The number of carbonyl (C=O) groups is 4. The second-order valence-electron chi connectivity index (χ2n) is 8.72. The minimum absolute atomic E-state index is 0.111. The average Bonchev–Trinajstić information content (AvgIpc) is 3.47. The van der Waals surface area contributed by atoms with Crippen LogP contribution in [0.15, 0.2) is 54.6 Å². The summed E-state index contributed by atoms with van der Waals surface area (Å²) >= 11 is 0. The summed E-state index contributed by atoms with van der Waals surface area (Å²) in [4.78, 5) is 52.1. The van der Waals surface area contributed by atoms with Crippen molar-refractivity contribution < 1.29 is 23.9 Å². The topological polar surface area (TPSA) is 80.8 Å². The van der Waals surface area contributed by atoms with Crippen LogP contribution in [0.1, 0.15) is 46.9 Å². The minimum Gasteiger partial charge on any atom is -0.451 e. The van der Waals surface area contributed by atoms with E-state index in [1.807, 2.05) is 6.07 Å². The Morgan fingerprint density at radius 2 is 1.45 bits per heavy atom. The van der Waals surface area contributed by atoms with Gasteiger partial charge in [0.15, 0.2) is 6.10 Å². The predicted molar refractivity (Wildman–Crippen MR) is 112 cm³/mol. The number of fused-ring (bicyclic) bond motifs is 5. The Balaban J connectivity index is 1.28. The third-order valence-electron chi connectivity index (χ3n) is 7.00. The highest BCUT2D eigenvalue weighted by Crippen LogP contribution is 2.56. The second-order valence-corrected chi connectivity index (χ2v) is 8.72. The number of anilines is 1. The first-order chi connectivity index (χ1) is 15.0. The average molecular weight is 417 g/mol. The van der Waals surface area contributed by atoms with Crippen LogP contribution in [0.25, 0.3) is 0 Å². The number of nitrogens with zero attached hydrogens (tertiary/aromatic N) is 1. The van der Waals surface area contributed by atoms with Gasteiger partial charge in [-0.05, 0) is 62.3 Å². The summed E-state index contributed by atoms with van der Waals surface area (Å²) in [6, 6.07) is 14.9. The van der Waals surface area contributed by atoms with Crippen molar-refractivity contribution in [3.05, 3.63) is 65.7 Å². The molecule has 6 heteroatoms. The van der Waals surface area contributed by atoms with Gasteiger partial charge in [-0.15, -0.1) is 0 Å². The van der Waals surface area contributed by atoms with E-state index in [9.17, 15) is 19.2 Å². The maximum atomic E-state index is 12.9. The van der Waals surface area contributed by atoms with E-state index in [1.165, 1.54) is 24.0 Å². The van der Waals surface area contributed by atoms with Gasteiger partial charge < -0.3 is 4.74 Å². The van der Waals surface area contributed by atoms with Crippen LogP contribution in [-0.2, 0) is 14.3 Å². The molecule has 5 atom stereocenters. The Labute approximate surface area is 180 Å². The molecule has 0 aromatic heterocycles. The van der Waals surface area contributed by atoms with E-state index in [0.717, 1.165) is 19.3 Å². The predicted octanol–water partition coefficient (Wildman–Crippen LogP) is 3.65. The van der Waals surface area contributed by atoms with E-state index in [4.69, 9.17) is 4.74 Å². The summed E-state index contributed by atoms with van der Waals surface area (Å²) in [5.74, 6) is -0.832. The van der Waals surface area contributed by atoms with Crippen LogP contribution in [-0.4, -0.2) is 29.7 Å². The number of esters is 1. The second kappa shape index (κ2) is 7.45. The lowest BCUT2D eigenvalue weighted by molar-refractivity contribution is -0.123. The SMILES string of the molecule is C[C@H](OC(=O)c1ccc(N2C(=O)[C@H]3[C@@H]4CC[C@@H](C4)[C@@H]3C2=O)cc1)C(=O)c1ccccc1. The lowest BCUT2D eigenvalue weighted by atomic mass is 9.81. The van der Waals surface area contributed by atoms with E-state index in [1.54, 1.807) is 36.4 Å². The van der Waals surface area contributed by atoms with Crippen LogP contribution in [0.2, 0.25) is 0 Å². The Bertz CT molecular complexity index is 1030. The first kappa shape index (κ1) is 19.7. The summed E-state index contributed by atoms with van der Waals surface area (Å²) in [6.45, 7) is 1.54. The monoisotopic (exact) mass is 417 g/mol. The zero-order chi connectivity index (χ0) is 21.7. The molecule has 1 heterocycles. The molecule has 2 saturated carbocycles. The number of hydrogen-bond acceptors (Lipinski definition) is 5. The maximum absolute atomic E-state index is 12.9. The number of carbonyl (C=O) groups excluding carboxylic acids is 4.